The predicted octanol–water partition coefficient (Wildman–Crippen LogP) is 4.81. The van der Waals surface area contributed by atoms with Crippen LogP contribution >= 0.6 is 0 Å². The van der Waals surface area contributed by atoms with E-state index in [-0.39, 0.29) is 11.8 Å². The van der Waals surface area contributed by atoms with E-state index in [1.807, 2.05) is 0 Å². The van der Waals surface area contributed by atoms with Gasteiger partial charge in [0.2, 0.25) is 5.91 Å². The molecule has 1 amide bonds. The topological polar surface area (TPSA) is 43.1 Å². The van der Waals surface area contributed by atoms with E-state index in [0.29, 0.717) is 0 Å². The van der Waals surface area contributed by atoms with Crippen LogP contribution in [-0.4, -0.2) is 5.91 Å². The van der Waals surface area contributed by atoms with Crippen molar-refractivity contribution in [2.45, 2.75) is 90.4 Å². The van der Waals surface area contributed by atoms with Crippen LogP contribution in [-0.2, 0) is 4.79 Å². The molecule has 0 aromatic rings. The average molecular weight is 267 g/mol. The molecule has 0 radical (unpaired) electrons. The standard InChI is InChI=1S/C17H33NO/c1-2-3-4-5-6-7-8-9-10-15-11-13-16(14-12-15)17(18)19/h15-16H,2-14H2,1H3,(H2,18,19). The molecule has 0 heterocycles. The summed E-state index contributed by atoms with van der Waals surface area (Å²) in [5.41, 5.74) is 5.36. The van der Waals surface area contributed by atoms with E-state index in [1.54, 1.807) is 0 Å². The summed E-state index contributed by atoms with van der Waals surface area (Å²) in [4.78, 5) is 11.1. The van der Waals surface area contributed by atoms with Gasteiger partial charge in [-0.25, -0.2) is 0 Å². The minimum Gasteiger partial charge on any atom is -0.369 e. The summed E-state index contributed by atoms with van der Waals surface area (Å²) in [6.07, 6.45) is 17.1. The fraction of sp³-hybridized carbons (Fsp3) is 0.941. The van der Waals surface area contributed by atoms with E-state index in [9.17, 15) is 4.79 Å². The van der Waals surface area contributed by atoms with Crippen molar-refractivity contribution in [2.24, 2.45) is 17.6 Å². The number of unbranched alkanes of at least 4 members (excludes halogenated alkanes) is 7. The van der Waals surface area contributed by atoms with E-state index in [4.69, 9.17) is 5.73 Å². The molecular weight excluding hydrogens is 234 g/mol. The Labute approximate surface area is 119 Å². The first-order chi connectivity index (χ1) is 9.24. The van der Waals surface area contributed by atoms with Crippen LogP contribution < -0.4 is 5.73 Å². The smallest absolute Gasteiger partial charge is 0.220 e. The van der Waals surface area contributed by atoms with Crippen LogP contribution in [0.15, 0.2) is 0 Å². The van der Waals surface area contributed by atoms with E-state index in [2.05, 4.69) is 6.92 Å². The van der Waals surface area contributed by atoms with Gasteiger partial charge < -0.3 is 5.73 Å². The van der Waals surface area contributed by atoms with Gasteiger partial charge in [0.25, 0.3) is 0 Å². The zero-order valence-electron chi connectivity index (χ0n) is 12.8. The molecule has 2 heteroatoms. The molecule has 1 rings (SSSR count). The maximum absolute atomic E-state index is 11.1. The Hall–Kier alpha value is -0.530. The lowest BCUT2D eigenvalue weighted by Gasteiger charge is -2.26. The van der Waals surface area contributed by atoms with Gasteiger partial charge in [-0.05, 0) is 31.6 Å². The van der Waals surface area contributed by atoms with Gasteiger partial charge in [-0.1, -0.05) is 64.7 Å². The van der Waals surface area contributed by atoms with Crippen LogP contribution in [0.2, 0.25) is 0 Å². The van der Waals surface area contributed by atoms with Crippen LogP contribution in [0.25, 0.3) is 0 Å². The third kappa shape index (κ3) is 7.59. The number of amides is 1. The van der Waals surface area contributed by atoms with Crippen molar-refractivity contribution in [2.75, 3.05) is 0 Å². The number of carbonyl (C=O) groups is 1. The second-order valence-electron chi connectivity index (χ2n) is 6.38. The normalized spacial score (nSPS) is 23.4. The maximum atomic E-state index is 11.1. The van der Waals surface area contributed by atoms with Crippen LogP contribution in [0.3, 0.4) is 0 Å². The van der Waals surface area contributed by atoms with Gasteiger partial charge in [-0.15, -0.1) is 0 Å². The zero-order chi connectivity index (χ0) is 13.9. The van der Waals surface area contributed by atoms with Gasteiger partial charge in [-0.3, -0.25) is 4.79 Å². The molecular formula is C17H33NO. The van der Waals surface area contributed by atoms with Gasteiger partial charge >= 0.3 is 0 Å². The lowest BCUT2D eigenvalue weighted by Crippen LogP contribution is -2.27. The lowest BCUT2D eigenvalue weighted by atomic mass is 9.79. The number of primary amides is 1. The van der Waals surface area contributed by atoms with E-state index < -0.39 is 0 Å². The van der Waals surface area contributed by atoms with Gasteiger partial charge in [0.1, 0.15) is 0 Å². The molecule has 1 fully saturated rings. The third-order valence-corrected chi connectivity index (χ3v) is 4.72. The van der Waals surface area contributed by atoms with Crippen LogP contribution in [0.1, 0.15) is 90.4 Å². The van der Waals surface area contributed by atoms with Gasteiger partial charge in [0, 0.05) is 5.92 Å². The van der Waals surface area contributed by atoms with Crippen LogP contribution in [0, 0.1) is 11.8 Å². The second kappa shape index (κ2) is 10.3. The minimum atomic E-state index is -0.0782. The fourth-order valence-corrected chi connectivity index (χ4v) is 3.30. The van der Waals surface area contributed by atoms with Crippen molar-refractivity contribution in [3.05, 3.63) is 0 Å². The summed E-state index contributed by atoms with van der Waals surface area (Å²) in [5, 5.41) is 0. The third-order valence-electron chi connectivity index (χ3n) is 4.72. The first-order valence-corrected chi connectivity index (χ1v) is 8.53. The number of rotatable bonds is 10. The number of hydrogen-bond acceptors (Lipinski definition) is 1. The van der Waals surface area contributed by atoms with E-state index in [0.717, 1.165) is 18.8 Å². The van der Waals surface area contributed by atoms with Gasteiger partial charge in [0.15, 0.2) is 0 Å². The van der Waals surface area contributed by atoms with E-state index in [1.165, 1.54) is 70.6 Å². The van der Waals surface area contributed by atoms with Crippen molar-refractivity contribution in [3.63, 3.8) is 0 Å². The SMILES string of the molecule is CCCCCCCCCCC1CCC(C(N)=O)CC1. The molecule has 2 N–H and O–H groups in total. The summed E-state index contributed by atoms with van der Waals surface area (Å²) in [7, 11) is 0. The molecule has 1 saturated carbocycles. The minimum absolute atomic E-state index is 0.0782. The number of carbonyl (C=O) groups excluding carboxylic acids is 1. The van der Waals surface area contributed by atoms with Crippen molar-refractivity contribution in [1.29, 1.82) is 0 Å². The van der Waals surface area contributed by atoms with Gasteiger partial charge in [0.05, 0.1) is 0 Å². The molecule has 0 aromatic heterocycles. The highest BCUT2D eigenvalue weighted by Crippen LogP contribution is 2.31. The number of nitrogens with two attached hydrogens (primary N) is 1. The second-order valence-corrected chi connectivity index (χ2v) is 6.38. The summed E-state index contributed by atoms with van der Waals surface area (Å²) < 4.78 is 0. The summed E-state index contributed by atoms with van der Waals surface area (Å²) in [6, 6.07) is 0. The maximum Gasteiger partial charge on any atom is 0.220 e. The molecule has 0 spiro atoms. The first-order valence-electron chi connectivity index (χ1n) is 8.53. The zero-order valence-corrected chi connectivity index (χ0v) is 12.8. The molecule has 0 aliphatic heterocycles. The molecule has 0 aromatic carbocycles. The quantitative estimate of drug-likeness (QED) is 0.567. The Morgan fingerprint density at radius 2 is 1.42 bits per heavy atom. The summed E-state index contributed by atoms with van der Waals surface area (Å²) in [6.45, 7) is 2.27. The highest BCUT2D eigenvalue weighted by molar-refractivity contribution is 5.76. The number of hydrogen-bond donors (Lipinski definition) is 1. The Morgan fingerprint density at radius 3 is 1.95 bits per heavy atom. The molecule has 1 aliphatic rings. The van der Waals surface area contributed by atoms with Crippen LogP contribution in [0.5, 0.6) is 0 Å². The van der Waals surface area contributed by atoms with Crippen molar-refractivity contribution in [1.82, 2.24) is 0 Å². The Kier molecular flexibility index (Phi) is 8.94. The van der Waals surface area contributed by atoms with Gasteiger partial charge in [-0.2, -0.15) is 0 Å². The molecule has 0 unspecified atom stereocenters. The highest BCUT2D eigenvalue weighted by atomic mass is 16.1. The molecule has 0 atom stereocenters. The highest BCUT2D eigenvalue weighted by Gasteiger charge is 2.23. The summed E-state index contributed by atoms with van der Waals surface area (Å²) in [5.74, 6) is 0.969. The van der Waals surface area contributed by atoms with Crippen molar-refractivity contribution < 1.29 is 4.79 Å². The molecule has 19 heavy (non-hydrogen) atoms. The van der Waals surface area contributed by atoms with Crippen molar-refractivity contribution >= 4 is 5.91 Å². The Balaban J connectivity index is 1.89. The molecule has 0 saturated heterocycles. The first kappa shape index (κ1) is 16.5. The Morgan fingerprint density at radius 1 is 0.895 bits per heavy atom. The fourth-order valence-electron chi connectivity index (χ4n) is 3.30. The molecule has 2 nitrogen and oxygen atoms in total. The monoisotopic (exact) mass is 267 g/mol. The van der Waals surface area contributed by atoms with E-state index >= 15 is 0 Å². The van der Waals surface area contributed by atoms with Crippen molar-refractivity contribution in [3.8, 4) is 0 Å². The predicted molar refractivity (Wildman–Crippen MR) is 81.9 cm³/mol. The largest absolute Gasteiger partial charge is 0.369 e. The Bertz CT molecular complexity index is 231. The molecule has 112 valence electrons. The van der Waals surface area contributed by atoms with Crippen LogP contribution in [0.4, 0.5) is 0 Å². The average Bonchev–Trinajstić information content (AvgIpc) is 2.42. The molecule has 1 aliphatic carbocycles. The molecule has 0 bridgehead atoms. The summed E-state index contributed by atoms with van der Waals surface area (Å²) >= 11 is 0. The lowest BCUT2D eigenvalue weighted by molar-refractivity contribution is -0.122.